The first kappa shape index (κ1) is 15.3. The number of likely N-dealkylation sites (tertiary alicyclic amines) is 1. The molecule has 4 rings (SSSR count). The van der Waals surface area contributed by atoms with Gasteiger partial charge in [-0.1, -0.05) is 29.8 Å². The van der Waals surface area contributed by atoms with Crippen LogP contribution < -0.4 is 0 Å². The van der Waals surface area contributed by atoms with Gasteiger partial charge in [0, 0.05) is 12.2 Å². The molecule has 0 amide bonds. The number of benzene rings is 1. The smallest absolute Gasteiger partial charge is 0.160 e. The first-order valence-corrected chi connectivity index (χ1v) is 8.80. The molecule has 0 radical (unpaired) electrons. The molecule has 1 aliphatic heterocycles. The van der Waals surface area contributed by atoms with Crippen molar-refractivity contribution in [3.05, 3.63) is 59.5 Å². The van der Waals surface area contributed by atoms with Gasteiger partial charge in [0.25, 0.3) is 0 Å². The predicted octanol–water partition coefficient (Wildman–Crippen LogP) is 3.77. The van der Waals surface area contributed by atoms with E-state index in [1.807, 2.05) is 12.3 Å². The molecule has 1 atom stereocenters. The number of nitrogens with zero attached hydrogens (tertiary/aromatic N) is 4. The topological polar surface area (TPSA) is 34.0 Å². The number of hydrogen-bond donors (Lipinski definition) is 0. The summed E-state index contributed by atoms with van der Waals surface area (Å²) in [5, 5.41) is 0. The summed E-state index contributed by atoms with van der Waals surface area (Å²) in [7, 11) is 0. The van der Waals surface area contributed by atoms with Crippen molar-refractivity contribution in [1.82, 2.24) is 19.4 Å². The van der Waals surface area contributed by atoms with E-state index in [0.717, 1.165) is 30.1 Å². The molecule has 0 saturated carbocycles. The average molecular weight is 320 g/mol. The minimum absolute atomic E-state index is 0.644. The van der Waals surface area contributed by atoms with Crippen LogP contribution in [-0.2, 0) is 13.1 Å². The number of aryl methyl sites for hydroxylation is 1. The minimum Gasteiger partial charge on any atom is -0.307 e. The van der Waals surface area contributed by atoms with Crippen molar-refractivity contribution < 1.29 is 0 Å². The van der Waals surface area contributed by atoms with Crippen LogP contribution in [-0.4, -0.2) is 32.0 Å². The van der Waals surface area contributed by atoms with E-state index in [-0.39, 0.29) is 0 Å². The van der Waals surface area contributed by atoms with E-state index in [1.165, 1.54) is 30.5 Å². The van der Waals surface area contributed by atoms with Crippen molar-refractivity contribution in [2.75, 3.05) is 6.54 Å². The Labute approximate surface area is 143 Å². The summed E-state index contributed by atoms with van der Waals surface area (Å²) in [6.45, 7) is 7.34. The maximum Gasteiger partial charge on any atom is 0.160 e. The fraction of sp³-hybridized carbons (Fsp3) is 0.400. The Balaban J connectivity index is 1.70. The molecule has 1 fully saturated rings. The minimum atomic E-state index is 0.644. The molecule has 1 aliphatic rings. The van der Waals surface area contributed by atoms with Crippen molar-refractivity contribution >= 4 is 11.2 Å². The van der Waals surface area contributed by atoms with Gasteiger partial charge in [-0.05, 0) is 50.9 Å². The standard InChI is InChI=1S/C20H24N4/c1-15-7-9-17(10-8-15)13-24-19(14-23-12-4-5-16(23)2)22-18-6-3-11-21-20(18)24/h3,6-11,16H,4-5,12-14H2,1-2H3/t16-/m1/s1. The SMILES string of the molecule is Cc1ccc(Cn2c(CN3CCC[C@H]3C)nc3cccnc32)cc1. The number of hydrogen-bond acceptors (Lipinski definition) is 3. The lowest BCUT2D eigenvalue weighted by molar-refractivity contribution is 0.251. The fourth-order valence-corrected chi connectivity index (χ4v) is 3.58. The maximum atomic E-state index is 4.88. The largest absolute Gasteiger partial charge is 0.307 e. The summed E-state index contributed by atoms with van der Waals surface area (Å²) in [4.78, 5) is 12.0. The van der Waals surface area contributed by atoms with Gasteiger partial charge in [0.05, 0.1) is 13.1 Å². The van der Waals surface area contributed by atoms with Gasteiger partial charge in [0.1, 0.15) is 11.3 Å². The monoisotopic (exact) mass is 320 g/mol. The van der Waals surface area contributed by atoms with Gasteiger partial charge in [-0.25, -0.2) is 9.97 Å². The van der Waals surface area contributed by atoms with E-state index in [1.54, 1.807) is 0 Å². The lowest BCUT2D eigenvalue weighted by Crippen LogP contribution is -2.28. The lowest BCUT2D eigenvalue weighted by Gasteiger charge is -2.21. The molecule has 124 valence electrons. The van der Waals surface area contributed by atoms with E-state index in [4.69, 9.17) is 4.98 Å². The van der Waals surface area contributed by atoms with E-state index < -0.39 is 0 Å². The Bertz CT molecular complexity index is 834. The molecule has 24 heavy (non-hydrogen) atoms. The Hall–Kier alpha value is -2.20. The van der Waals surface area contributed by atoms with Crippen LogP contribution in [0.1, 0.15) is 36.7 Å². The van der Waals surface area contributed by atoms with Crippen LogP contribution in [0.15, 0.2) is 42.6 Å². The molecule has 1 saturated heterocycles. The van der Waals surface area contributed by atoms with Gasteiger partial charge < -0.3 is 4.57 Å². The van der Waals surface area contributed by atoms with Gasteiger partial charge in [-0.15, -0.1) is 0 Å². The van der Waals surface area contributed by atoms with E-state index >= 15 is 0 Å². The average Bonchev–Trinajstić information content (AvgIpc) is 3.14. The summed E-state index contributed by atoms with van der Waals surface area (Å²) < 4.78 is 2.28. The molecule has 0 aliphatic carbocycles. The van der Waals surface area contributed by atoms with Crippen molar-refractivity contribution in [3.8, 4) is 0 Å². The van der Waals surface area contributed by atoms with Crippen LogP contribution in [0.2, 0.25) is 0 Å². The molecule has 3 heterocycles. The Kier molecular flexibility index (Phi) is 4.07. The Morgan fingerprint density at radius 1 is 1.12 bits per heavy atom. The number of imidazole rings is 1. The van der Waals surface area contributed by atoms with E-state index in [9.17, 15) is 0 Å². The van der Waals surface area contributed by atoms with Gasteiger partial charge in [-0.2, -0.15) is 0 Å². The molecular weight excluding hydrogens is 296 g/mol. The molecule has 4 nitrogen and oxygen atoms in total. The van der Waals surface area contributed by atoms with Gasteiger partial charge in [0.15, 0.2) is 5.65 Å². The zero-order valence-electron chi connectivity index (χ0n) is 14.4. The van der Waals surface area contributed by atoms with Crippen LogP contribution in [0, 0.1) is 6.92 Å². The Morgan fingerprint density at radius 3 is 2.71 bits per heavy atom. The number of pyridine rings is 1. The third-order valence-electron chi connectivity index (χ3n) is 5.08. The highest BCUT2D eigenvalue weighted by Gasteiger charge is 2.23. The first-order valence-electron chi connectivity index (χ1n) is 8.80. The molecule has 3 aromatic rings. The van der Waals surface area contributed by atoms with Crippen LogP contribution in [0.25, 0.3) is 11.2 Å². The van der Waals surface area contributed by atoms with Crippen molar-refractivity contribution in [2.24, 2.45) is 0 Å². The molecule has 0 bridgehead atoms. The predicted molar refractivity (Wildman–Crippen MR) is 96.9 cm³/mol. The highest BCUT2D eigenvalue weighted by molar-refractivity contribution is 5.71. The highest BCUT2D eigenvalue weighted by Crippen LogP contribution is 2.22. The molecule has 0 unspecified atom stereocenters. The highest BCUT2D eigenvalue weighted by atomic mass is 15.2. The molecular formula is C20H24N4. The number of aromatic nitrogens is 3. The summed E-state index contributed by atoms with van der Waals surface area (Å²) in [6, 6.07) is 13.4. The van der Waals surface area contributed by atoms with Crippen LogP contribution in [0.4, 0.5) is 0 Å². The van der Waals surface area contributed by atoms with Crippen LogP contribution in [0.3, 0.4) is 0 Å². The van der Waals surface area contributed by atoms with Gasteiger partial charge in [0.2, 0.25) is 0 Å². The Morgan fingerprint density at radius 2 is 1.96 bits per heavy atom. The second-order valence-electron chi connectivity index (χ2n) is 6.91. The zero-order chi connectivity index (χ0) is 16.5. The van der Waals surface area contributed by atoms with Crippen molar-refractivity contribution in [2.45, 2.75) is 45.8 Å². The van der Waals surface area contributed by atoms with E-state index in [0.29, 0.717) is 6.04 Å². The molecule has 0 N–H and O–H groups in total. The zero-order valence-corrected chi connectivity index (χ0v) is 14.4. The quantitative estimate of drug-likeness (QED) is 0.734. The number of fused-ring (bicyclic) bond motifs is 1. The number of rotatable bonds is 4. The summed E-state index contributed by atoms with van der Waals surface area (Å²) in [5.41, 5.74) is 4.56. The second-order valence-corrected chi connectivity index (χ2v) is 6.91. The third kappa shape index (κ3) is 2.94. The second kappa shape index (κ2) is 6.36. The van der Waals surface area contributed by atoms with E-state index in [2.05, 4.69) is 58.6 Å². The van der Waals surface area contributed by atoms with Crippen molar-refractivity contribution in [3.63, 3.8) is 0 Å². The molecule has 4 heteroatoms. The molecule has 1 aromatic carbocycles. The summed E-state index contributed by atoms with van der Waals surface area (Å²) in [5.74, 6) is 1.12. The summed E-state index contributed by atoms with van der Waals surface area (Å²) >= 11 is 0. The van der Waals surface area contributed by atoms with Crippen molar-refractivity contribution in [1.29, 1.82) is 0 Å². The van der Waals surface area contributed by atoms with Gasteiger partial charge >= 0.3 is 0 Å². The van der Waals surface area contributed by atoms with Crippen LogP contribution >= 0.6 is 0 Å². The first-order chi connectivity index (χ1) is 11.7. The molecule has 2 aromatic heterocycles. The maximum absolute atomic E-state index is 4.88. The third-order valence-corrected chi connectivity index (χ3v) is 5.08. The normalized spacial score (nSPS) is 18.5. The molecule has 0 spiro atoms. The lowest BCUT2D eigenvalue weighted by atomic mass is 10.1. The van der Waals surface area contributed by atoms with Gasteiger partial charge in [-0.3, -0.25) is 4.90 Å². The fourth-order valence-electron chi connectivity index (χ4n) is 3.58. The van der Waals surface area contributed by atoms with Crippen LogP contribution in [0.5, 0.6) is 0 Å². The summed E-state index contributed by atoms with van der Waals surface area (Å²) in [6.07, 6.45) is 4.44.